The van der Waals surface area contributed by atoms with Gasteiger partial charge in [0.25, 0.3) is 10.0 Å². The number of rotatable bonds is 7. The molecular weight excluding hydrogens is 456 g/mol. The molecule has 0 radical (unpaired) electrons. The third-order valence-electron chi connectivity index (χ3n) is 6.93. The summed E-state index contributed by atoms with van der Waals surface area (Å²) >= 11 is 0. The number of carbonyl (C=O) groups excluding carboxylic acids is 3. The SMILES string of the molecule is CCC1C(=O)N(C(=O)NCCc2ccc(S(=O)(=O)NC(=O)NC3CCC(C)CC3)cc2)CC1C. The number of likely N-dealkylation sites (tertiary alicyclic amines) is 1. The molecule has 1 aromatic carbocycles. The minimum Gasteiger partial charge on any atom is -0.337 e. The van der Waals surface area contributed by atoms with E-state index in [1.165, 1.54) is 17.0 Å². The summed E-state index contributed by atoms with van der Waals surface area (Å²) in [4.78, 5) is 38.1. The second-order valence-electron chi connectivity index (χ2n) is 9.60. The van der Waals surface area contributed by atoms with Crippen molar-refractivity contribution < 1.29 is 22.8 Å². The molecule has 3 N–H and O–H groups in total. The molecular formula is C24H36N4O5S. The molecule has 0 bridgehead atoms. The lowest BCUT2D eigenvalue weighted by molar-refractivity contribution is -0.128. The minimum absolute atomic E-state index is 0.00379. The first kappa shape index (κ1) is 26.0. The Hall–Kier alpha value is -2.62. The molecule has 2 atom stereocenters. The van der Waals surface area contributed by atoms with Gasteiger partial charge in [0.05, 0.1) is 4.90 Å². The molecule has 1 saturated carbocycles. The molecule has 1 aromatic rings. The fourth-order valence-electron chi connectivity index (χ4n) is 4.75. The average Bonchev–Trinajstić information content (AvgIpc) is 3.08. The van der Waals surface area contributed by atoms with Crippen molar-refractivity contribution in [3.05, 3.63) is 29.8 Å². The number of hydrogen-bond acceptors (Lipinski definition) is 5. The van der Waals surface area contributed by atoms with Gasteiger partial charge in [0.1, 0.15) is 0 Å². The fraction of sp³-hybridized carbons (Fsp3) is 0.625. The van der Waals surface area contributed by atoms with Crippen molar-refractivity contribution in [2.75, 3.05) is 13.1 Å². The summed E-state index contributed by atoms with van der Waals surface area (Å²) in [6.07, 6.45) is 4.94. The van der Waals surface area contributed by atoms with Crippen molar-refractivity contribution in [1.29, 1.82) is 0 Å². The van der Waals surface area contributed by atoms with E-state index in [9.17, 15) is 22.8 Å². The molecule has 1 saturated heterocycles. The highest BCUT2D eigenvalue weighted by molar-refractivity contribution is 7.90. The van der Waals surface area contributed by atoms with E-state index in [0.717, 1.165) is 37.7 Å². The number of urea groups is 2. The molecule has 1 aliphatic heterocycles. The van der Waals surface area contributed by atoms with Crippen molar-refractivity contribution in [1.82, 2.24) is 20.3 Å². The van der Waals surface area contributed by atoms with E-state index in [1.54, 1.807) is 12.1 Å². The lowest BCUT2D eigenvalue weighted by Gasteiger charge is -2.26. The van der Waals surface area contributed by atoms with Crippen LogP contribution in [0.2, 0.25) is 0 Å². The van der Waals surface area contributed by atoms with Crippen LogP contribution in [0, 0.1) is 17.8 Å². The molecule has 5 amide bonds. The van der Waals surface area contributed by atoms with Crippen LogP contribution in [0.25, 0.3) is 0 Å². The van der Waals surface area contributed by atoms with Gasteiger partial charge in [-0.05, 0) is 68.1 Å². The molecule has 1 heterocycles. The number of imide groups is 1. The van der Waals surface area contributed by atoms with Gasteiger partial charge in [-0.15, -0.1) is 0 Å². The maximum absolute atomic E-state index is 12.5. The van der Waals surface area contributed by atoms with Crippen LogP contribution < -0.4 is 15.4 Å². The van der Waals surface area contributed by atoms with Crippen molar-refractivity contribution in [2.45, 2.75) is 70.2 Å². The third kappa shape index (κ3) is 6.49. The maximum atomic E-state index is 12.5. The first-order valence-electron chi connectivity index (χ1n) is 12.1. The van der Waals surface area contributed by atoms with Gasteiger partial charge in [0, 0.05) is 25.0 Å². The number of amides is 5. The summed E-state index contributed by atoms with van der Waals surface area (Å²) in [6, 6.07) is 5.07. The molecule has 188 valence electrons. The summed E-state index contributed by atoms with van der Waals surface area (Å²) in [6.45, 7) is 6.85. The Labute approximate surface area is 202 Å². The lowest BCUT2D eigenvalue weighted by Crippen LogP contribution is -2.45. The Morgan fingerprint density at radius 3 is 2.29 bits per heavy atom. The van der Waals surface area contributed by atoms with Crippen LogP contribution in [0.5, 0.6) is 0 Å². The van der Waals surface area contributed by atoms with Gasteiger partial charge < -0.3 is 10.6 Å². The third-order valence-corrected chi connectivity index (χ3v) is 8.27. The average molecular weight is 493 g/mol. The van der Waals surface area contributed by atoms with Crippen molar-refractivity contribution in [3.63, 3.8) is 0 Å². The number of carbonyl (C=O) groups is 3. The molecule has 3 rings (SSSR count). The van der Waals surface area contributed by atoms with E-state index in [-0.39, 0.29) is 28.7 Å². The van der Waals surface area contributed by atoms with Crippen LogP contribution in [-0.2, 0) is 21.2 Å². The molecule has 2 fully saturated rings. The molecule has 0 aromatic heterocycles. The second-order valence-corrected chi connectivity index (χ2v) is 11.3. The fourth-order valence-corrected chi connectivity index (χ4v) is 5.67. The highest BCUT2D eigenvalue weighted by Gasteiger charge is 2.39. The van der Waals surface area contributed by atoms with Gasteiger partial charge in [0.15, 0.2) is 0 Å². The molecule has 2 unspecified atom stereocenters. The summed E-state index contributed by atoms with van der Waals surface area (Å²) in [5.74, 6) is 0.551. The van der Waals surface area contributed by atoms with Crippen LogP contribution in [0.1, 0.15) is 58.4 Å². The van der Waals surface area contributed by atoms with Crippen molar-refractivity contribution >= 4 is 28.0 Å². The van der Waals surface area contributed by atoms with Crippen molar-refractivity contribution in [3.8, 4) is 0 Å². The van der Waals surface area contributed by atoms with Crippen LogP contribution in [0.15, 0.2) is 29.2 Å². The van der Waals surface area contributed by atoms with Gasteiger partial charge in [-0.2, -0.15) is 0 Å². The van der Waals surface area contributed by atoms with E-state index in [1.807, 2.05) is 13.8 Å². The van der Waals surface area contributed by atoms with Gasteiger partial charge in [-0.3, -0.25) is 9.69 Å². The van der Waals surface area contributed by atoms with E-state index in [4.69, 9.17) is 0 Å². The Kier molecular flexibility index (Phi) is 8.57. The number of nitrogens with one attached hydrogen (secondary N) is 3. The predicted molar refractivity (Wildman–Crippen MR) is 128 cm³/mol. The number of sulfonamides is 1. The summed E-state index contributed by atoms with van der Waals surface area (Å²) < 4.78 is 27.2. The lowest BCUT2D eigenvalue weighted by atomic mass is 9.87. The van der Waals surface area contributed by atoms with Gasteiger partial charge in [-0.25, -0.2) is 22.7 Å². The van der Waals surface area contributed by atoms with E-state index in [2.05, 4.69) is 22.3 Å². The maximum Gasteiger partial charge on any atom is 0.328 e. The zero-order chi connectivity index (χ0) is 24.9. The number of hydrogen-bond donors (Lipinski definition) is 3. The Morgan fingerprint density at radius 2 is 1.71 bits per heavy atom. The monoisotopic (exact) mass is 492 g/mol. The van der Waals surface area contributed by atoms with E-state index >= 15 is 0 Å². The molecule has 0 spiro atoms. The zero-order valence-corrected chi connectivity index (χ0v) is 21.0. The summed E-state index contributed by atoms with van der Waals surface area (Å²) in [5, 5.41) is 5.52. The topological polar surface area (TPSA) is 125 Å². The largest absolute Gasteiger partial charge is 0.337 e. The van der Waals surface area contributed by atoms with Crippen LogP contribution >= 0.6 is 0 Å². The first-order chi connectivity index (χ1) is 16.1. The number of benzene rings is 1. The van der Waals surface area contributed by atoms with E-state index in [0.29, 0.717) is 25.4 Å². The Balaban J connectivity index is 1.46. The highest BCUT2D eigenvalue weighted by atomic mass is 32.2. The first-order valence-corrected chi connectivity index (χ1v) is 13.6. The molecule has 10 heteroatoms. The van der Waals surface area contributed by atoms with Crippen LogP contribution in [0.3, 0.4) is 0 Å². The van der Waals surface area contributed by atoms with Crippen LogP contribution in [-0.4, -0.2) is 50.4 Å². The second kappa shape index (κ2) is 11.2. The summed E-state index contributed by atoms with van der Waals surface area (Å²) in [7, 11) is -3.98. The van der Waals surface area contributed by atoms with Gasteiger partial charge >= 0.3 is 12.1 Å². The Morgan fingerprint density at radius 1 is 1.06 bits per heavy atom. The van der Waals surface area contributed by atoms with E-state index < -0.39 is 22.1 Å². The normalized spacial score (nSPS) is 25.1. The quantitative estimate of drug-likeness (QED) is 0.540. The summed E-state index contributed by atoms with van der Waals surface area (Å²) in [5.41, 5.74) is 0.826. The van der Waals surface area contributed by atoms with Crippen molar-refractivity contribution in [2.24, 2.45) is 17.8 Å². The smallest absolute Gasteiger partial charge is 0.328 e. The molecule has 9 nitrogen and oxygen atoms in total. The van der Waals surface area contributed by atoms with Crippen LogP contribution in [0.4, 0.5) is 9.59 Å². The number of nitrogens with zero attached hydrogens (tertiary/aromatic N) is 1. The minimum atomic E-state index is -3.98. The predicted octanol–water partition coefficient (Wildman–Crippen LogP) is 3.01. The van der Waals surface area contributed by atoms with Gasteiger partial charge in [0.2, 0.25) is 5.91 Å². The van der Waals surface area contributed by atoms with Gasteiger partial charge in [-0.1, -0.05) is 32.9 Å². The molecule has 2 aliphatic rings. The Bertz CT molecular complexity index is 987. The molecule has 34 heavy (non-hydrogen) atoms. The molecule has 1 aliphatic carbocycles. The highest BCUT2D eigenvalue weighted by Crippen LogP contribution is 2.27. The zero-order valence-electron chi connectivity index (χ0n) is 20.2. The standard InChI is InChI=1S/C24H36N4O5S/c1-4-21-17(3)15-28(22(21)29)24(31)25-14-13-18-7-11-20(12-8-18)34(32,33)27-23(30)26-19-9-5-16(2)6-10-19/h7-8,11-12,16-17,19,21H,4-6,9-10,13-15H2,1-3H3,(H,25,31)(H2,26,27,30).